The lowest BCUT2D eigenvalue weighted by Crippen LogP contribution is -2.19. The molecule has 1 heterocycles. The molecule has 0 aliphatic heterocycles. The molecule has 5 nitrogen and oxygen atoms in total. The molecule has 7 heteroatoms. The molecule has 0 aliphatic carbocycles. The molecular formula is C11H10Cl2N4O. The summed E-state index contributed by atoms with van der Waals surface area (Å²) in [6.07, 6.45) is 1.53. The van der Waals surface area contributed by atoms with Gasteiger partial charge < -0.3 is 5.32 Å². The molecule has 0 atom stereocenters. The van der Waals surface area contributed by atoms with Crippen LogP contribution in [-0.4, -0.2) is 16.2 Å². The number of carbonyl (C=O) groups excluding carboxylic acids is 1. The minimum atomic E-state index is -0.430. The SMILES string of the molecule is Cc1ccc(NC(=O)Nc2ccn[nH]2)c(Cl)c1Cl. The van der Waals surface area contributed by atoms with Crippen LogP contribution in [0.4, 0.5) is 16.3 Å². The molecule has 0 radical (unpaired) electrons. The number of aromatic nitrogens is 2. The molecule has 2 aromatic rings. The molecule has 1 aromatic carbocycles. The summed E-state index contributed by atoms with van der Waals surface area (Å²) in [6.45, 7) is 1.84. The number of aromatic amines is 1. The van der Waals surface area contributed by atoms with Gasteiger partial charge in [0.05, 0.1) is 21.9 Å². The van der Waals surface area contributed by atoms with Crippen LogP contribution < -0.4 is 10.6 Å². The third-order valence-electron chi connectivity index (χ3n) is 2.27. The number of urea groups is 1. The number of carbonyl (C=O) groups is 1. The third kappa shape index (κ3) is 2.75. The summed E-state index contributed by atoms with van der Waals surface area (Å²) in [7, 11) is 0. The van der Waals surface area contributed by atoms with E-state index in [1.807, 2.05) is 6.92 Å². The molecule has 2 rings (SSSR count). The fourth-order valence-corrected chi connectivity index (χ4v) is 1.77. The van der Waals surface area contributed by atoms with Gasteiger partial charge in [-0.2, -0.15) is 5.10 Å². The number of rotatable bonds is 2. The number of amides is 2. The highest BCUT2D eigenvalue weighted by atomic mass is 35.5. The maximum absolute atomic E-state index is 11.7. The number of halogens is 2. The van der Waals surface area contributed by atoms with Crippen LogP contribution >= 0.6 is 23.2 Å². The molecule has 0 aliphatic rings. The van der Waals surface area contributed by atoms with Crippen molar-refractivity contribution in [1.82, 2.24) is 10.2 Å². The molecular weight excluding hydrogens is 275 g/mol. The Morgan fingerprint density at radius 3 is 2.67 bits per heavy atom. The van der Waals surface area contributed by atoms with E-state index in [0.29, 0.717) is 21.6 Å². The van der Waals surface area contributed by atoms with Gasteiger partial charge in [0.15, 0.2) is 0 Å². The van der Waals surface area contributed by atoms with Crippen LogP contribution in [0.3, 0.4) is 0 Å². The molecule has 0 saturated heterocycles. The van der Waals surface area contributed by atoms with Crippen LogP contribution in [-0.2, 0) is 0 Å². The van der Waals surface area contributed by atoms with Crippen molar-refractivity contribution in [2.75, 3.05) is 10.6 Å². The van der Waals surface area contributed by atoms with E-state index in [-0.39, 0.29) is 0 Å². The largest absolute Gasteiger partial charge is 0.324 e. The Hall–Kier alpha value is -1.72. The lowest BCUT2D eigenvalue weighted by atomic mass is 10.2. The number of benzene rings is 1. The molecule has 0 unspecified atom stereocenters. The van der Waals surface area contributed by atoms with Crippen molar-refractivity contribution >= 4 is 40.7 Å². The van der Waals surface area contributed by atoms with Crippen molar-refractivity contribution in [3.8, 4) is 0 Å². The molecule has 18 heavy (non-hydrogen) atoms. The minimum Gasteiger partial charge on any atom is -0.306 e. The first-order chi connectivity index (χ1) is 8.58. The average molecular weight is 285 g/mol. The van der Waals surface area contributed by atoms with Gasteiger partial charge in [0.2, 0.25) is 0 Å². The molecule has 94 valence electrons. The van der Waals surface area contributed by atoms with Crippen molar-refractivity contribution < 1.29 is 4.79 Å². The Bertz CT molecular complexity index is 569. The van der Waals surface area contributed by atoms with Crippen LogP contribution in [0.25, 0.3) is 0 Å². The molecule has 3 N–H and O–H groups in total. The van der Waals surface area contributed by atoms with Gasteiger partial charge in [0, 0.05) is 6.07 Å². The standard InChI is InChI=1S/C11H10Cl2N4O/c1-6-2-3-7(10(13)9(6)12)15-11(18)16-8-4-5-14-17-8/h2-5H,1H3,(H3,14,15,16,17,18). The Balaban J connectivity index is 2.10. The van der Waals surface area contributed by atoms with E-state index in [2.05, 4.69) is 20.8 Å². The summed E-state index contributed by atoms with van der Waals surface area (Å²) in [5, 5.41) is 12.2. The second-order valence-corrected chi connectivity index (χ2v) is 4.36. The van der Waals surface area contributed by atoms with Gasteiger partial charge in [0.25, 0.3) is 0 Å². The fraction of sp³-hybridized carbons (Fsp3) is 0.0909. The van der Waals surface area contributed by atoms with Crippen LogP contribution in [0.2, 0.25) is 10.0 Å². The fourth-order valence-electron chi connectivity index (χ4n) is 1.34. The van der Waals surface area contributed by atoms with Crippen molar-refractivity contribution in [1.29, 1.82) is 0 Å². The quantitative estimate of drug-likeness (QED) is 0.787. The van der Waals surface area contributed by atoms with Crippen molar-refractivity contribution in [2.24, 2.45) is 0 Å². The number of nitrogens with one attached hydrogen (secondary N) is 3. The highest BCUT2D eigenvalue weighted by molar-refractivity contribution is 6.44. The summed E-state index contributed by atoms with van der Waals surface area (Å²) in [5.74, 6) is 0.488. The minimum absolute atomic E-state index is 0.316. The number of aryl methyl sites for hydroxylation is 1. The summed E-state index contributed by atoms with van der Waals surface area (Å²) in [6, 6.07) is 4.67. The predicted octanol–water partition coefficient (Wildman–Crippen LogP) is 3.67. The highest BCUT2D eigenvalue weighted by Gasteiger charge is 2.10. The van der Waals surface area contributed by atoms with Gasteiger partial charge in [-0.3, -0.25) is 10.4 Å². The number of nitrogens with zero attached hydrogens (tertiary/aromatic N) is 1. The average Bonchev–Trinajstić information content (AvgIpc) is 2.83. The maximum Gasteiger partial charge on any atom is 0.324 e. The summed E-state index contributed by atoms with van der Waals surface area (Å²) >= 11 is 12.0. The highest BCUT2D eigenvalue weighted by Crippen LogP contribution is 2.32. The Morgan fingerprint density at radius 2 is 2.00 bits per heavy atom. The van der Waals surface area contributed by atoms with E-state index in [1.165, 1.54) is 6.20 Å². The Morgan fingerprint density at radius 1 is 1.22 bits per heavy atom. The topological polar surface area (TPSA) is 69.8 Å². The van der Waals surface area contributed by atoms with E-state index in [9.17, 15) is 4.79 Å². The van der Waals surface area contributed by atoms with E-state index in [1.54, 1.807) is 18.2 Å². The van der Waals surface area contributed by atoms with Crippen molar-refractivity contribution in [3.63, 3.8) is 0 Å². The van der Waals surface area contributed by atoms with E-state index < -0.39 is 6.03 Å². The van der Waals surface area contributed by atoms with Gasteiger partial charge in [0.1, 0.15) is 5.82 Å². The number of H-pyrrole nitrogens is 1. The van der Waals surface area contributed by atoms with Gasteiger partial charge in [-0.25, -0.2) is 4.79 Å². The zero-order chi connectivity index (χ0) is 13.1. The number of hydrogen-bond acceptors (Lipinski definition) is 2. The smallest absolute Gasteiger partial charge is 0.306 e. The van der Waals surface area contributed by atoms with Gasteiger partial charge in [-0.15, -0.1) is 0 Å². The van der Waals surface area contributed by atoms with E-state index >= 15 is 0 Å². The lowest BCUT2D eigenvalue weighted by Gasteiger charge is -2.10. The first-order valence-electron chi connectivity index (χ1n) is 5.10. The summed E-state index contributed by atoms with van der Waals surface area (Å²) < 4.78 is 0. The number of anilines is 2. The van der Waals surface area contributed by atoms with Crippen LogP contribution in [0.1, 0.15) is 5.56 Å². The Kier molecular flexibility index (Phi) is 3.74. The maximum atomic E-state index is 11.7. The Labute approximate surface area is 113 Å². The molecule has 2 amide bonds. The van der Waals surface area contributed by atoms with Gasteiger partial charge in [-0.05, 0) is 18.6 Å². The molecule has 1 aromatic heterocycles. The zero-order valence-electron chi connectivity index (χ0n) is 9.42. The molecule has 0 saturated carbocycles. The zero-order valence-corrected chi connectivity index (χ0v) is 10.9. The third-order valence-corrected chi connectivity index (χ3v) is 3.25. The van der Waals surface area contributed by atoms with Gasteiger partial charge >= 0.3 is 6.03 Å². The van der Waals surface area contributed by atoms with Crippen molar-refractivity contribution in [3.05, 3.63) is 40.0 Å². The van der Waals surface area contributed by atoms with Crippen LogP contribution in [0.15, 0.2) is 24.4 Å². The monoisotopic (exact) mass is 284 g/mol. The second kappa shape index (κ2) is 5.29. The summed E-state index contributed by atoms with van der Waals surface area (Å²) in [4.78, 5) is 11.7. The van der Waals surface area contributed by atoms with Crippen LogP contribution in [0, 0.1) is 6.92 Å². The number of hydrogen-bond donors (Lipinski definition) is 3. The first-order valence-corrected chi connectivity index (χ1v) is 5.85. The molecule has 0 bridgehead atoms. The first kappa shape index (κ1) is 12.7. The summed E-state index contributed by atoms with van der Waals surface area (Å²) in [5.41, 5.74) is 1.30. The van der Waals surface area contributed by atoms with Crippen molar-refractivity contribution in [2.45, 2.75) is 6.92 Å². The second-order valence-electron chi connectivity index (χ2n) is 3.61. The van der Waals surface area contributed by atoms with E-state index in [0.717, 1.165) is 5.56 Å². The predicted molar refractivity (Wildman–Crippen MR) is 72.4 cm³/mol. The molecule has 0 fully saturated rings. The van der Waals surface area contributed by atoms with E-state index in [4.69, 9.17) is 23.2 Å². The van der Waals surface area contributed by atoms with Crippen LogP contribution in [0.5, 0.6) is 0 Å². The lowest BCUT2D eigenvalue weighted by molar-refractivity contribution is 0.262. The molecule has 0 spiro atoms. The normalized spacial score (nSPS) is 10.2. The van der Waals surface area contributed by atoms with Gasteiger partial charge in [-0.1, -0.05) is 29.3 Å².